The number of thioether (sulfide) groups is 1. The third kappa shape index (κ3) is 3.35. The molecule has 0 aromatic heterocycles. The maximum absolute atomic E-state index is 12.7. The number of carbonyl (C=O) groups is 2. The number of amides is 1. The van der Waals surface area contributed by atoms with Crippen LogP contribution in [0.1, 0.15) is 30.6 Å². The van der Waals surface area contributed by atoms with Gasteiger partial charge in [0.05, 0.1) is 11.5 Å². The monoisotopic (exact) mass is 327 g/mol. The first-order valence-corrected chi connectivity index (χ1v) is 8.28. The van der Waals surface area contributed by atoms with Gasteiger partial charge in [0.2, 0.25) is 0 Å². The van der Waals surface area contributed by atoms with E-state index in [-0.39, 0.29) is 11.9 Å². The number of halogens is 1. The minimum atomic E-state index is -0.841. The predicted molar refractivity (Wildman–Crippen MR) is 84.1 cm³/mol. The second-order valence-corrected chi connectivity index (χ2v) is 6.79. The largest absolute Gasteiger partial charge is 0.481 e. The van der Waals surface area contributed by atoms with Crippen LogP contribution in [0.25, 0.3) is 0 Å². The Kier molecular flexibility index (Phi) is 5.17. The van der Waals surface area contributed by atoms with Crippen LogP contribution >= 0.6 is 23.4 Å². The summed E-state index contributed by atoms with van der Waals surface area (Å²) < 4.78 is 0. The van der Waals surface area contributed by atoms with Crippen LogP contribution in [0.5, 0.6) is 0 Å². The quantitative estimate of drug-likeness (QED) is 0.861. The highest BCUT2D eigenvalue weighted by molar-refractivity contribution is 7.99. The summed E-state index contributed by atoms with van der Waals surface area (Å²) in [4.78, 5) is 26.4. The average molecular weight is 328 g/mol. The SMILES string of the molecule is CCSc1ccc(Cl)cc1C(=O)N1CCC(C(=O)O)C1C. The number of carbonyl (C=O) groups excluding carboxylic acids is 1. The molecule has 1 heterocycles. The van der Waals surface area contributed by atoms with Crippen molar-refractivity contribution in [1.82, 2.24) is 4.90 Å². The summed E-state index contributed by atoms with van der Waals surface area (Å²) in [5.41, 5.74) is 0.562. The van der Waals surface area contributed by atoms with E-state index in [0.717, 1.165) is 10.6 Å². The number of hydrogen-bond donors (Lipinski definition) is 1. The molecule has 2 atom stereocenters. The van der Waals surface area contributed by atoms with Gasteiger partial charge in [-0.1, -0.05) is 18.5 Å². The summed E-state index contributed by atoms with van der Waals surface area (Å²) in [5, 5.41) is 9.69. The number of aliphatic carboxylic acids is 1. The van der Waals surface area contributed by atoms with Crippen LogP contribution in [0.4, 0.5) is 0 Å². The van der Waals surface area contributed by atoms with E-state index >= 15 is 0 Å². The zero-order valence-electron chi connectivity index (χ0n) is 12.0. The Balaban J connectivity index is 2.28. The number of hydrogen-bond acceptors (Lipinski definition) is 3. The van der Waals surface area contributed by atoms with Gasteiger partial charge in [-0.15, -0.1) is 11.8 Å². The van der Waals surface area contributed by atoms with Crippen LogP contribution in [0.15, 0.2) is 23.1 Å². The van der Waals surface area contributed by atoms with E-state index in [4.69, 9.17) is 11.6 Å². The zero-order chi connectivity index (χ0) is 15.6. The van der Waals surface area contributed by atoms with Gasteiger partial charge in [-0.2, -0.15) is 0 Å². The van der Waals surface area contributed by atoms with Crippen molar-refractivity contribution >= 4 is 35.2 Å². The lowest BCUT2D eigenvalue weighted by Crippen LogP contribution is -2.37. The van der Waals surface area contributed by atoms with E-state index in [9.17, 15) is 14.7 Å². The topological polar surface area (TPSA) is 57.6 Å². The molecule has 1 aromatic carbocycles. The molecule has 1 aliphatic rings. The van der Waals surface area contributed by atoms with Crippen LogP contribution in [0.2, 0.25) is 5.02 Å². The highest BCUT2D eigenvalue weighted by Crippen LogP contribution is 2.31. The Morgan fingerprint density at radius 3 is 2.76 bits per heavy atom. The van der Waals surface area contributed by atoms with Gasteiger partial charge >= 0.3 is 5.97 Å². The molecular formula is C15H18ClNO3S. The lowest BCUT2D eigenvalue weighted by molar-refractivity contribution is -0.142. The van der Waals surface area contributed by atoms with E-state index < -0.39 is 11.9 Å². The molecule has 1 amide bonds. The normalized spacial score (nSPS) is 21.6. The van der Waals surface area contributed by atoms with Crippen LogP contribution in [0, 0.1) is 5.92 Å². The van der Waals surface area contributed by atoms with Crippen LogP contribution in [-0.2, 0) is 4.79 Å². The second kappa shape index (κ2) is 6.71. The van der Waals surface area contributed by atoms with Crippen molar-refractivity contribution in [3.05, 3.63) is 28.8 Å². The molecule has 0 bridgehead atoms. The van der Waals surface area contributed by atoms with Gasteiger partial charge in [-0.05, 0) is 37.3 Å². The Morgan fingerprint density at radius 2 is 2.19 bits per heavy atom. The number of likely N-dealkylation sites (tertiary alicyclic amines) is 1. The fraction of sp³-hybridized carbons (Fsp3) is 0.467. The van der Waals surface area contributed by atoms with Gasteiger partial charge in [0.25, 0.3) is 5.91 Å². The van der Waals surface area contributed by atoms with Crippen LogP contribution in [-0.4, -0.2) is 40.2 Å². The van der Waals surface area contributed by atoms with Crippen molar-refractivity contribution in [2.75, 3.05) is 12.3 Å². The van der Waals surface area contributed by atoms with Crippen molar-refractivity contribution in [2.45, 2.75) is 31.2 Å². The molecular weight excluding hydrogens is 310 g/mol. The standard InChI is InChI=1S/C15H18ClNO3S/c1-3-21-13-5-4-10(16)8-12(13)14(18)17-7-6-11(9(17)2)15(19)20/h4-5,8-9,11H,3,6-7H2,1-2H3,(H,19,20). The molecule has 0 aliphatic carbocycles. The third-order valence-corrected chi connectivity index (χ3v) is 5.00. The summed E-state index contributed by atoms with van der Waals surface area (Å²) in [6.45, 7) is 4.28. The first kappa shape index (κ1) is 16.2. The minimum Gasteiger partial charge on any atom is -0.481 e. The molecule has 1 saturated heterocycles. The van der Waals surface area contributed by atoms with Crippen LogP contribution < -0.4 is 0 Å². The summed E-state index contributed by atoms with van der Waals surface area (Å²) in [5.74, 6) is -0.609. The summed E-state index contributed by atoms with van der Waals surface area (Å²) >= 11 is 7.59. The number of benzene rings is 1. The van der Waals surface area contributed by atoms with Gasteiger partial charge in [0.15, 0.2) is 0 Å². The first-order chi connectivity index (χ1) is 9.95. The highest BCUT2D eigenvalue weighted by atomic mass is 35.5. The average Bonchev–Trinajstić information content (AvgIpc) is 2.82. The fourth-order valence-corrected chi connectivity index (χ4v) is 3.61. The van der Waals surface area contributed by atoms with Crippen molar-refractivity contribution < 1.29 is 14.7 Å². The van der Waals surface area contributed by atoms with E-state index in [2.05, 4.69) is 0 Å². The second-order valence-electron chi connectivity index (χ2n) is 5.05. The number of carboxylic acids is 1. The molecule has 2 unspecified atom stereocenters. The minimum absolute atomic E-state index is 0.135. The maximum atomic E-state index is 12.7. The van der Waals surface area contributed by atoms with Crippen molar-refractivity contribution in [2.24, 2.45) is 5.92 Å². The Labute approximate surface area is 133 Å². The molecule has 1 aromatic rings. The lowest BCUT2D eigenvalue weighted by atomic mass is 10.0. The zero-order valence-corrected chi connectivity index (χ0v) is 13.6. The van der Waals surface area contributed by atoms with Crippen molar-refractivity contribution in [1.29, 1.82) is 0 Å². The Morgan fingerprint density at radius 1 is 1.48 bits per heavy atom. The van der Waals surface area contributed by atoms with Gasteiger partial charge in [-0.3, -0.25) is 9.59 Å². The van der Waals surface area contributed by atoms with Crippen LogP contribution in [0.3, 0.4) is 0 Å². The first-order valence-electron chi connectivity index (χ1n) is 6.91. The van der Waals surface area contributed by atoms with Crippen molar-refractivity contribution in [3.63, 3.8) is 0 Å². The van der Waals surface area contributed by atoms with Crippen molar-refractivity contribution in [3.8, 4) is 0 Å². The molecule has 4 nitrogen and oxygen atoms in total. The molecule has 114 valence electrons. The van der Waals surface area contributed by atoms with E-state index in [1.54, 1.807) is 35.7 Å². The molecule has 0 spiro atoms. The molecule has 6 heteroatoms. The fourth-order valence-electron chi connectivity index (χ4n) is 2.66. The molecule has 2 rings (SSSR count). The molecule has 1 aliphatic heterocycles. The molecule has 0 saturated carbocycles. The van der Waals surface area contributed by atoms with E-state index in [1.807, 2.05) is 13.0 Å². The van der Waals surface area contributed by atoms with E-state index in [1.165, 1.54) is 0 Å². The van der Waals surface area contributed by atoms with E-state index in [0.29, 0.717) is 23.6 Å². The summed E-state index contributed by atoms with van der Waals surface area (Å²) in [7, 11) is 0. The molecule has 0 radical (unpaired) electrons. The Hall–Kier alpha value is -1.20. The lowest BCUT2D eigenvalue weighted by Gasteiger charge is -2.24. The van der Waals surface area contributed by atoms with Gasteiger partial charge in [0, 0.05) is 22.5 Å². The predicted octanol–water partition coefficient (Wildman–Crippen LogP) is 3.39. The number of rotatable bonds is 4. The molecule has 1 N–H and O–H groups in total. The smallest absolute Gasteiger partial charge is 0.308 e. The number of nitrogens with zero attached hydrogens (tertiary/aromatic N) is 1. The molecule has 1 fully saturated rings. The molecule has 21 heavy (non-hydrogen) atoms. The van der Waals surface area contributed by atoms with Gasteiger partial charge < -0.3 is 10.0 Å². The maximum Gasteiger partial charge on any atom is 0.308 e. The van der Waals surface area contributed by atoms with Gasteiger partial charge in [-0.25, -0.2) is 0 Å². The summed E-state index contributed by atoms with van der Waals surface area (Å²) in [6.07, 6.45) is 0.499. The van der Waals surface area contributed by atoms with Gasteiger partial charge in [0.1, 0.15) is 0 Å². The Bertz CT molecular complexity index is 564. The third-order valence-electron chi connectivity index (χ3n) is 3.80. The highest BCUT2D eigenvalue weighted by Gasteiger charge is 2.38. The summed E-state index contributed by atoms with van der Waals surface area (Å²) in [6, 6.07) is 4.99. The number of carboxylic acid groups (broad SMARTS) is 1.